The Morgan fingerprint density at radius 3 is 2.34 bits per heavy atom. The number of carbonyl (C=O) groups is 2. The minimum Gasteiger partial charge on any atom is -0.491 e. The third-order valence-corrected chi connectivity index (χ3v) is 8.71. The van der Waals surface area contributed by atoms with Gasteiger partial charge in [-0.1, -0.05) is 49.7 Å². The number of methoxy groups -OCH3 is 1. The summed E-state index contributed by atoms with van der Waals surface area (Å²) in [4.78, 5) is 28.8. The Morgan fingerprint density at radius 1 is 1.00 bits per heavy atom. The lowest BCUT2D eigenvalue weighted by Crippen LogP contribution is -2.35. The second-order valence-electron chi connectivity index (χ2n) is 11.5. The highest BCUT2D eigenvalue weighted by atomic mass is 16.7. The topological polar surface area (TPSA) is 107 Å². The van der Waals surface area contributed by atoms with Gasteiger partial charge in [0.15, 0.2) is 11.5 Å². The molecule has 9 nitrogen and oxygen atoms in total. The molecule has 3 aromatic carbocycles. The second kappa shape index (κ2) is 13.7. The van der Waals surface area contributed by atoms with Crippen molar-refractivity contribution in [2.75, 3.05) is 45.5 Å². The van der Waals surface area contributed by atoms with Gasteiger partial charge in [-0.25, -0.2) is 0 Å². The fourth-order valence-electron chi connectivity index (χ4n) is 6.66. The Labute approximate surface area is 259 Å². The number of hydrogen-bond donors (Lipinski definition) is 2. The van der Waals surface area contributed by atoms with E-state index >= 15 is 0 Å². The van der Waals surface area contributed by atoms with Crippen LogP contribution in [-0.4, -0.2) is 62.1 Å². The van der Waals surface area contributed by atoms with Gasteiger partial charge in [0.25, 0.3) is 0 Å². The molecule has 3 aromatic rings. The number of ether oxygens (including phenoxy) is 4. The number of aliphatic carboxylic acids is 1. The van der Waals surface area contributed by atoms with E-state index in [1.54, 1.807) is 7.11 Å². The molecule has 0 spiro atoms. The molecule has 234 valence electrons. The first-order valence-electron chi connectivity index (χ1n) is 15.3. The zero-order valence-corrected chi connectivity index (χ0v) is 26.1. The molecule has 0 unspecified atom stereocenters. The molecule has 0 radical (unpaired) electrons. The average molecular weight is 603 g/mol. The van der Waals surface area contributed by atoms with Crippen LogP contribution in [0.15, 0.2) is 48.5 Å². The number of hydrogen-bond acceptors (Lipinski definition) is 7. The van der Waals surface area contributed by atoms with Gasteiger partial charge in [-0.2, -0.15) is 0 Å². The fourth-order valence-corrected chi connectivity index (χ4v) is 6.66. The summed E-state index contributed by atoms with van der Waals surface area (Å²) < 4.78 is 22.1. The van der Waals surface area contributed by atoms with Crippen molar-refractivity contribution in [1.82, 2.24) is 4.90 Å². The van der Waals surface area contributed by atoms with E-state index in [1.807, 2.05) is 48.2 Å². The minimum absolute atomic E-state index is 0.0425. The van der Waals surface area contributed by atoms with Crippen molar-refractivity contribution in [3.05, 3.63) is 81.9 Å². The van der Waals surface area contributed by atoms with Crippen LogP contribution in [0.1, 0.15) is 59.2 Å². The first-order valence-corrected chi connectivity index (χ1v) is 15.3. The summed E-state index contributed by atoms with van der Waals surface area (Å²) in [6.45, 7) is 9.61. The summed E-state index contributed by atoms with van der Waals surface area (Å²) in [5, 5.41) is 13.9. The van der Waals surface area contributed by atoms with E-state index in [4.69, 9.17) is 18.9 Å². The molecule has 44 heavy (non-hydrogen) atoms. The molecule has 0 bridgehead atoms. The summed E-state index contributed by atoms with van der Waals surface area (Å²) in [5.41, 5.74) is 6.76. The summed E-state index contributed by atoms with van der Waals surface area (Å²) in [6.07, 6.45) is 1.59. The van der Waals surface area contributed by atoms with Crippen LogP contribution < -0.4 is 19.5 Å². The predicted molar refractivity (Wildman–Crippen MR) is 168 cm³/mol. The molecule has 2 aliphatic rings. The number of fused-ring (bicyclic) bond motifs is 1. The molecule has 5 rings (SSSR count). The summed E-state index contributed by atoms with van der Waals surface area (Å²) in [5.74, 6) is -0.301. The van der Waals surface area contributed by atoms with E-state index in [1.165, 1.54) is 0 Å². The number of likely N-dealkylation sites (tertiary alicyclic amines) is 1. The number of anilines is 1. The Morgan fingerprint density at radius 2 is 1.70 bits per heavy atom. The van der Waals surface area contributed by atoms with Crippen LogP contribution in [0.2, 0.25) is 0 Å². The van der Waals surface area contributed by atoms with Crippen molar-refractivity contribution in [1.29, 1.82) is 0 Å². The molecule has 2 heterocycles. The zero-order chi connectivity index (χ0) is 31.4. The van der Waals surface area contributed by atoms with Crippen molar-refractivity contribution < 1.29 is 33.6 Å². The van der Waals surface area contributed by atoms with E-state index < -0.39 is 17.9 Å². The van der Waals surface area contributed by atoms with Gasteiger partial charge in [0.2, 0.25) is 12.7 Å². The molecular weight excluding hydrogens is 560 g/mol. The number of aryl methyl sites for hydroxylation is 3. The van der Waals surface area contributed by atoms with Crippen LogP contribution in [-0.2, 0) is 27.2 Å². The number of carboxylic acid groups (broad SMARTS) is 1. The van der Waals surface area contributed by atoms with Crippen molar-refractivity contribution in [3.8, 4) is 17.2 Å². The molecule has 1 fully saturated rings. The fraction of sp³-hybridized carbons (Fsp3) is 0.429. The van der Waals surface area contributed by atoms with Crippen LogP contribution >= 0.6 is 0 Å². The minimum atomic E-state index is -0.916. The number of amides is 1. The predicted octanol–water partition coefficient (Wildman–Crippen LogP) is 5.66. The number of benzene rings is 3. The van der Waals surface area contributed by atoms with Crippen LogP contribution in [0.5, 0.6) is 17.2 Å². The molecule has 3 atom stereocenters. The number of rotatable bonds is 12. The average Bonchev–Trinajstić information content (AvgIpc) is 3.64. The van der Waals surface area contributed by atoms with E-state index in [0.29, 0.717) is 37.0 Å². The van der Waals surface area contributed by atoms with Crippen molar-refractivity contribution in [2.24, 2.45) is 5.92 Å². The van der Waals surface area contributed by atoms with Crippen LogP contribution in [0, 0.1) is 19.8 Å². The first kappa shape index (κ1) is 31.3. The molecule has 0 aliphatic carbocycles. The Bertz CT molecular complexity index is 1480. The summed E-state index contributed by atoms with van der Waals surface area (Å²) in [6, 6.07) is 14.9. The lowest BCUT2D eigenvalue weighted by molar-refractivity contribution is -0.143. The van der Waals surface area contributed by atoms with Gasteiger partial charge in [-0.05, 0) is 72.7 Å². The molecule has 1 saturated heterocycles. The van der Waals surface area contributed by atoms with Gasteiger partial charge in [0.1, 0.15) is 12.4 Å². The maximum Gasteiger partial charge on any atom is 0.309 e. The molecule has 1 amide bonds. The third-order valence-electron chi connectivity index (χ3n) is 8.71. The maximum absolute atomic E-state index is 13.7. The van der Waals surface area contributed by atoms with Crippen LogP contribution in [0.4, 0.5) is 5.69 Å². The summed E-state index contributed by atoms with van der Waals surface area (Å²) >= 11 is 0. The van der Waals surface area contributed by atoms with Gasteiger partial charge in [0.05, 0.1) is 19.1 Å². The SMILES string of the molecule is CCc1cc(C)cc(CC)c1NC(=O)CN1C[C@H](c2ccc3c(c2C)OCO3)[C@@H](C(=O)O)[C@@H]1c1ccc(OCCOC)cc1. The number of nitrogens with zero attached hydrogens (tertiary/aromatic N) is 1. The standard InChI is InChI=1S/C35H42N2O7/c1-6-23-16-21(3)17-24(7-2)32(23)36-30(38)19-37-18-28(27-12-13-29-34(22(27)4)44-20-43-29)31(35(39)40)33(37)25-8-10-26(11-9-25)42-15-14-41-5/h8-13,16-17,28,31,33H,6-7,14-15,18-20H2,1-5H3,(H,36,38)(H,39,40)/t28-,31-,33+/m1/s1. The van der Waals surface area contributed by atoms with Gasteiger partial charge in [0, 0.05) is 31.3 Å². The van der Waals surface area contributed by atoms with Gasteiger partial charge in [-0.3, -0.25) is 14.5 Å². The molecule has 0 aromatic heterocycles. The van der Waals surface area contributed by atoms with Crippen LogP contribution in [0.3, 0.4) is 0 Å². The van der Waals surface area contributed by atoms with Gasteiger partial charge < -0.3 is 29.4 Å². The number of nitrogens with one attached hydrogen (secondary N) is 1. The van der Waals surface area contributed by atoms with Crippen molar-refractivity contribution in [3.63, 3.8) is 0 Å². The molecule has 2 aliphatic heterocycles. The maximum atomic E-state index is 13.7. The van der Waals surface area contributed by atoms with Crippen LogP contribution in [0.25, 0.3) is 0 Å². The number of carbonyl (C=O) groups excluding carboxylic acids is 1. The number of carboxylic acids is 1. The third kappa shape index (κ3) is 6.39. The quantitative estimate of drug-likeness (QED) is 0.256. The monoisotopic (exact) mass is 602 g/mol. The molecule has 0 saturated carbocycles. The van der Waals surface area contributed by atoms with Gasteiger partial charge in [-0.15, -0.1) is 0 Å². The Balaban J connectivity index is 1.49. The van der Waals surface area contributed by atoms with E-state index in [0.717, 1.165) is 51.9 Å². The highest BCUT2D eigenvalue weighted by Gasteiger charge is 2.48. The second-order valence-corrected chi connectivity index (χ2v) is 11.5. The van der Waals surface area contributed by atoms with Crippen molar-refractivity contribution in [2.45, 2.75) is 52.5 Å². The molecular formula is C35H42N2O7. The highest BCUT2D eigenvalue weighted by Crippen LogP contribution is 2.49. The molecule has 2 N–H and O–H groups in total. The lowest BCUT2D eigenvalue weighted by atomic mass is 9.81. The Hall–Kier alpha value is -4.08. The largest absolute Gasteiger partial charge is 0.491 e. The van der Waals surface area contributed by atoms with E-state index in [-0.39, 0.29) is 25.2 Å². The van der Waals surface area contributed by atoms with Gasteiger partial charge >= 0.3 is 5.97 Å². The first-order chi connectivity index (χ1) is 21.2. The Kier molecular flexibility index (Phi) is 9.76. The van der Waals surface area contributed by atoms with E-state index in [2.05, 4.69) is 38.2 Å². The van der Waals surface area contributed by atoms with E-state index in [9.17, 15) is 14.7 Å². The smallest absolute Gasteiger partial charge is 0.309 e. The lowest BCUT2D eigenvalue weighted by Gasteiger charge is -2.27. The van der Waals surface area contributed by atoms with Crippen molar-refractivity contribution >= 4 is 17.6 Å². The molecule has 9 heteroatoms. The normalized spacial score (nSPS) is 19.2. The summed E-state index contributed by atoms with van der Waals surface area (Å²) in [7, 11) is 1.62. The zero-order valence-electron chi connectivity index (χ0n) is 26.1. The highest BCUT2D eigenvalue weighted by molar-refractivity contribution is 5.94.